The van der Waals surface area contributed by atoms with Gasteiger partial charge in [-0.05, 0) is 45.7 Å². The van der Waals surface area contributed by atoms with Crippen molar-refractivity contribution in [3.05, 3.63) is 80.6 Å². The highest BCUT2D eigenvalue weighted by Crippen LogP contribution is 2.38. The quantitative estimate of drug-likeness (QED) is 0.338. The number of fused-ring (bicyclic) bond motifs is 2. The van der Waals surface area contributed by atoms with Crippen LogP contribution in [-0.2, 0) is 6.42 Å². The summed E-state index contributed by atoms with van der Waals surface area (Å²) in [6.07, 6.45) is 0.893. The molecule has 0 aliphatic carbocycles. The van der Waals surface area contributed by atoms with Crippen molar-refractivity contribution in [2.75, 3.05) is 0 Å². The molecule has 0 saturated carbocycles. The fourth-order valence-corrected chi connectivity index (χ4v) is 4.10. The Morgan fingerprint density at radius 2 is 1.29 bits per heavy atom. The lowest BCUT2D eigenvalue weighted by molar-refractivity contribution is 1.16. The van der Waals surface area contributed by atoms with Crippen molar-refractivity contribution < 1.29 is 0 Å². The molecule has 0 radical (unpaired) electrons. The predicted molar refractivity (Wildman–Crippen MR) is 101 cm³/mol. The Kier molecular flexibility index (Phi) is 2.53. The molecule has 0 aliphatic rings. The van der Waals surface area contributed by atoms with Crippen LogP contribution in [0, 0.1) is 0 Å². The second-order valence-electron chi connectivity index (χ2n) is 6.33. The molecule has 5 rings (SSSR count). The maximum absolute atomic E-state index is 12.7. The van der Waals surface area contributed by atoms with Crippen molar-refractivity contribution in [3.63, 3.8) is 0 Å². The number of hydrogen-bond acceptors (Lipinski definition) is 2. The molecule has 0 fully saturated rings. The monoisotopic (exact) mass is 310 g/mol. The maximum atomic E-state index is 12.7. The summed E-state index contributed by atoms with van der Waals surface area (Å²) in [4.78, 5) is 25.4. The van der Waals surface area contributed by atoms with Gasteiger partial charge in [-0.2, -0.15) is 0 Å². The van der Waals surface area contributed by atoms with E-state index in [2.05, 4.69) is 19.1 Å². The third-order valence-electron chi connectivity index (χ3n) is 5.16. The summed E-state index contributed by atoms with van der Waals surface area (Å²) in [5.41, 5.74) is 1.05. The first kappa shape index (κ1) is 13.4. The fourth-order valence-electron chi connectivity index (χ4n) is 4.10. The molecule has 0 saturated heterocycles. The Hall–Kier alpha value is -3.00. The van der Waals surface area contributed by atoms with Crippen molar-refractivity contribution in [3.8, 4) is 0 Å². The topological polar surface area (TPSA) is 34.1 Å². The van der Waals surface area contributed by atoms with Crippen molar-refractivity contribution in [2.45, 2.75) is 13.3 Å². The molecule has 5 aromatic rings. The van der Waals surface area contributed by atoms with Gasteiger partial charge in [-0.25, -0.2) is 0 Å². The highest BCUT2D eigenvalue weighted by Gasteiger charge is 2.17. The molecule has 0 N–H and O–H groups in total. The third-order valence-corrected chi connectivity index (χ3v) is 5.16. The first-order valence-electron chi connectivity index (χ1n) is 8.19. The second-order valence-corrected chi connectivity index (χ2v) is 6.33. The minimum absolute atomic E-state index is 0.0730. The molecular formula is C22H14O2. The van der Waals surface area contributed by atoms with Crippen LogP contribution in [0.15, 0.2) is 64.2 Å². The number of benzene rings is 5. The predicted octanol–water partition coefficient (Wildman–Crippen LogP) is 4.46. The molecule has 24 heavy (non-hydrogen) atoms. The van der Waals surface area contributed by atoms with Gasteiger partial charge < -0.3 is 0 Å². The summed E-state index contributed by atoms with van der Waals surface area (Å²) in [5, 5.41) is 7.17. The van der Waals surface area contributed by atoms with Gasteiger partial charge in [0.2, 0.25) is 0 Å². The first-order valence-corrected chi connectivity index (χ1v) is 8.19. The van der Waals surface area contributed by atoms with E-state index >= 15 is 0 Å². The Balaban J connectivity index is 2.32. The molecular weight excluding hydrogens is 296 g/mol. The van der Waals surface area contributed by atoms with E-state index in [4.69, 9.17) is 0 Å². The zero-order valence-electron chi connectivity index (χ0n) is 13.2. The largest absolute Gasteiger partial charge is 0.289 e. The number of aryl methyl sites for hydroxylation is 1. The van der Waals surface area contributed by atoms with Gasteiger partial charge in [0.1, 0.15) is 0 Å². The van der Waals surface area contributed by atoms with E-state index < -0.39 is 0 Å². The first-order chi connectivity index (χ1) is 11.7. The van der Waals surface area contributed by atoms with E-state index in [0.717, 1.165) is 38.7 Å². The van der Waals surface area contributed by atoms with Crippen molar-refractivity contribution in [2.24, 2.45) is 0 Å². The maximum Gasteiger partial charge on any atom is 0.187 e. The van der Waals surface area contributed by atoms with Gasteiger partial charge in [-0.3, -0.25) is 9.59 Å². The van der Waals surface area contributed by atoms with Crippen LogP contribution in [0.1, 0.15) is 12.5 Å². The van der Waals surface area contributed by atoms with E-state index in [9.17, 15) is 9.59 Å². The highest BCUT2D eigenvalue weighted by atomic mass is 16.1. The van der Waals surface area contributed by atoms with Crippen molar-refractivity contribution in [1.82, 2.24) is 0 Å². The summed E-state index contributed by atoms with van der Waals surface area (Å²) in [7, 11) is 0. The van der Waals surface area contributed by atoms with E-state index in [1.165, 1.54) is 5.56 Å². The Labute approximate surface area is 137 Å². The van der Waals surface area contributed by atoms with Gasteiger partial charge >= 0.3 is 0 Å². The van der Waals surface area contributed by atoms with Crippen molar-refractivity contribution >= 4 is 43.1 Å². The van der Waals surface area contributed by atoms with Crippen LogP contribution in [0.5, 0.6) is 0 Å². The number of hydrogen-bond donors (Lipinski definition) is 0. The normalized spacial score (nSPS) is 12.0. The summed E-state index contributed by atoms with van der Waals surface area (Å²) in [5.74, 6) is 0. The average Bonchev–Trinajstić information content (AvgIpc) is 2.61. The molecule has 0 unspecified atom stereocenters. The Bertz CT molecular complexity index is 1370. The van der Waals surface area contributed by atoms with E-state index in [-0.39, 0.29) is 10.9 Å². The van der Waals surface area contributed by atoms with Gasteiger partial charge in [0.05, 0.1) is 0 Å². The van der Waals surface area contributed by atoms with E-state index in [0.29, 0.717) is 10.8 Å². The van der Waals surface area contributed by atoms with Gasteiger partial charge in [-0.15, -0.1) is 0 Å². The molecule has 0 amide bonds. The molecule has 0 spiro atoms. The smallest absolute Gasteiger partial charge is 0.187 e. The summed E-state index contributed by atoms with van der Waals surface area (Å²) < 4.78 is 0. The molecule has 0 bridgehead atoms. The number of rotatable bonds is 1. The SMILES string of the molecule is CCc1ccc2c3cccc4ccc(=O)c(c5c(=O)ccc1c25)c43. The van der Waals surface area contributed by atoms with E-state index in [1.807, 2.05) is 30.3 Å². The second kappa shape index (κ2) is 4.51. The van der Waals surface area contributed by atoms with Crippen LogP contribution < -0.4 is 10.9 Å². The standard InChI is InChI=1S/C22H14O2/c1-2-12-6-8-16-15-5-3-4-13-7-10-17(23)21(19(13)15)22-18(24)11-9-14(12)20(16)22/h3-11H,2H2,1H3. The Morgan fingerprint density at radius 1 is 0.625 bits per heavy atom. The Morgan fingerprint density at radius 3 is 2.08 bits per heavy atom. The van der Waals surface area contributed by atoms with Gasteiger partial charge in [0.15, 0.2) is 10.9 Å². The summed E-state index contributed by atoms with van der Waals surface area (Å²) >= 11 is 0. The zero-order chi connectivity index (χ0) is 16.4. The van der Waals surface area contributed by atoms with Crippen LogP contribution in [0.2, 0.25) is 0 Å². The molecule has 0 aliphatic heterocycles. The minimum Gasteiger partial charge on any atom is -0.289 e. The van der Waals surface area contributed by atoms with Crippen molar-refractivity contribution in [1.29, 1.82) is 0 Å². The molecule has 114 valence electrons. The fraction of sp³-hybridized carbons (Fsp3) is 0.0909. The van der Waals surface area contributed by atoms with Gasteiger partial charge in [-0.1, -0.05) is 49.4 Å². The molecule has 2 heteroatoms. The lowest BCUT2D eigenvalue weighted by atomic mass is 9.88. The molecule has 0 aromatic heterocycles. The molecule has 0 heterocycles. The zero-order valence-corrected chi connectivity index (χ0v) is 13.2. The minimum atomic E-state index is -0.0768. The highest BCUT2D eigenvalue weighted by molar-refractivity contribution is 6.32. The van der Waals surface area contributed by atoms with Crippen LogP contribution in [0.3, 0.4) is 0 Å². The molecule has 2 nitrogen and oxygen atoms in total. The van der Waals surface area contributed by atoms with Gasteiger partial charge in [0.25, 0.3) is 0 Å². The van der Waals surface area contributed by atoms with Crippen LogP contribution in [-0.4, -0.2) is 0 Å². The third kappa shape index (κ3) is 1.50. The van der Waals surface area contributed by atoms with Crippen LogP contribution in [0.25, 0.3) is 43.1 Å². The summed E-state index contributed by atoms with van der Waals surface area (Å²) in [6.45, 7) is 2.11. The van der Waals surface area contributed by atoms with Crippen LogP contribution >= 0.6 is 0 Å². The average molecular weight is 310 g/mol. The lowest BCUT2D eigenvalue weighted by Gasteiger charge is -2.14. The molecule has 5 aromatic carbocycles. The van der Waals surface area contributed by atoms with E-state index in [1.54, 1.807) is 12.1 Å². The lowest BCUT2D eigenvalue weighted by Crippen LogP contribution is -2.08. The van der Waals surface area contributed by atoms with Crippen LogP contribution in [0.4, 0.5) is 0 Å². The summed E-state index contributed by atoms with van der Waals surface area (Å²) in [6, 6.07) is 17.2. The molecule has 0 atom stereocenters. The van der Waals surface area contributed by atoms with Gasteiger partial charge in [0, 0.05) is 21.5 Å².